The molecule has 0 saturated carbocycles. The van der Waals surface area contributed by atoms with Crippen LogP contribution in [-0.2, 0) is 0 Å². The lowest BCUT2D eigenvalue weighted by atomic mass is 9.83. The molecular formula is C18H23I3. The van der Waals surface area contributed by atoms with Crippen LogP contribution in [-0.4, -0.2) is -0.565 Å². The molecule has 3 rings (SSSR count). The first-order valence-corrected chi connectivity index (χ1v) is 10.8. The zero-order valence-electron chi connectivity index (χ0n) is 13.0. The summed E-state index contributed by atoms with van der Waals surface area (Å²) >= 11 is 7.24. The molecule has 1 aromatic carbocycles. The first kappa shape index (κ1) is 18.5. The van der Waals surface area contributed by atoms with Gasteiger partial charge in [-0.15, -0.1) is 0 Å². The lowest BCUT2D eigenvalue weighted by molar-refractivity contribution is 0.366. The Balaban J connectivity index is 0.000000232. The number of benzene rings is 1. The highest BCUT2D eigenvalue weighted by Crippen LogP contribution is 2.56. The zero-order valence-corrected chi connectivity index (χ0v) is 19.5. The highest BCUT2D eigenvalue weighted by atomic mass is 127. The molecule has 0 nitrogen and oxygen atoms in total. The molecule has 0 saturated heterocycles. The van der Waals surface area contributed by atoms with Crippen LogP contribution in [0.5, 0.6) is 0 Å². The van der Waals surface area contributed by atoms with Gasteiger partial charge in [0.15, 0.2) is 0 Å². The molecule has 0 N–H and O–H groups in total. The van der Waals surface area contributed by atoms with Crippen molar-refractivity contribution in [3.05, 3.63) is 47.0 Å². The second-order valence-corrected chi connectivity index (χ2v) is 18.0. The van der Waals surface area contributed by atoms with Crippen LogP contribution in [0.15, 0.2) is 30.4 Å². The van der Waals surface area contributed by atoms with Gasteiger partial charge in [-0.1, -0.05) is 119 Å². The van der Waals surface area contributed by atoms with Gasteiger partial charge in [0.1, 0.15) is -0.565 Å². The van der Waals surface area contributed by atoms with Crippen molar-refractivity contribution < 1.29 is 0 Å². The monoisotopic (exact) mass is 620 g/mol. The van der Waals surface area contributed by atoms with Gasteiger partial charge in [0.25, 0.3) is 0 Å². The number of halogens is 3. The maximum Gasteiger partial charge on any atom is 0.124 e. The van der Waals surface area contributed by atoms with Crippen LogP contribution < -0.4 is 0 Å². The molecule has 2 bridgehead atoms. The summed E-state index contributed by atoms with van der Waals surface area (Å²) in [5, 5.41) is 0. The number of fused-ring (bicyclic) bond motifs is 5. The van der Waals surface area contributed by atoms with E-state index in [0.29, 0.717) is 11.3 Å². The second-order valence-electron chi connectivity index (χ2n) is 6.30. The van der Waals surface area contributed by atoms with E-state index < -0.39 is 0 Å². The topological polar surface area (TPSA) is 0 Å². The summed E-state index contributed by atoms with van der Waals surface area (Å²) in [5.74, 6) is 3.00. The Hall–Kier alpha value is 1.15. The van der Waals surface area contributed by atoms with Gasteiger partial charge in [0.2, 0.25) is 0 Å². The van der Waals surface area contributed by atoms with Crippen LogP contribution in [0.1, 0.15) is 55.7 Å². The van der Waals surface area contributed by atoms with E-state index in [4.69, 9.17) is 0 Å². The van der Waals surface area contributed by atoms with E-state index in [9.17, 15) is 0 Å². The smallest absolute Gasteiger partial charge is 0.0801 e. The Labute approximate surface area is 170 Å². The van der Waals surface area contributed by atoms with Crippen molar-refractivity contribution in [2.45, 2.75) is 45.4 Å². The van der Waals surface area contributed by atoms with Gasteiger partial charge in [-0.2, -0.15) is 0 Å². The van der Waals surface area contributed by atoms with Crippen molar-refractivity contribution in [1.82, 2.24) is 0 Å². The maximum absolute atomic E-state index is 2.44. The van der Waals surface area contributed by atoms with E-state index >= 15 is 0 Å². The number of hydrogen-bond acceptors (Lipinski definition) is 0. The quantitative estimate of drug-likeness (QED) is 0.184. The molecule has 2 aliphatic rings. The molecule has 0 radical (unpaired) electrons. The van der Waals surface area contributed by atoms with Gasteiger partial charge in [-0.05, 0) is 41.9 Å². The molecule has 21 heavy (non-hydrogen) atoms. The van der Waals surface area contributed by atoms with Crippen LogP contribution in [0.2, 0.25) is 0 Å². The molecular weight excluding hydrogens is 597 g/mol. The minimum absolute atomic E-state index is 0.452. The van der Waals surface area contributed by atoms with Gasteiger partial charge in [0.05, 0.1) is 0 Å². The molecule has 0 spiro atoms. The van der Waals surface area contributed by atoms with Gasteiger partial charge < -0.3 is 0 Å². The summed E-state index contributed by atoms with van der Waals surface area (Å²) < 4.78 is 0.452. The lowest BCUT2D eigenvalue weighted by Crippen LogP contribution is -2.12. The Kier molecular flexibility index (Phi) is 6.48. The predicted octanol–water partition coefficient (Wildman–Crippen LogP) is 7.37. The van der Waals surface area contributed by atoms with E-state index in [1.54, 1.807) is 11.1 Å². The number of hydrogen-bond donors (Lipinski definition) is 0. The molecule has 116 valence electrons. The van der Waals surface area contributed by atoms with Crippen molar-refractivity contribution in [3.63, 3.8) is 0 Å². The normalized spacial score (nSPS) is 25.8. The number of allylic oxidation sites excluding steroid dienone is 2. The van der Waals surface area contributed by atoms with Gasteiger partial charge in [-0.3, -0.25) is 0 Å². The summed E-state index contributed by atoms with van der Waals surface area (Å²) in [7, 11) is 0. The van der Waals surface area contributed by atoms with Crippen molar-refractivity contribution in [3.8, 4) is 0 Å². The number of alkyl halides is 3. The molecule has 0 amide bonds. The summed E-state index contributed by atoms with van der Waals surface area (Å²) in [6, 6.07) is 6.79. The van der Waals surface area contributed by atoms with Crippen molar-refractivity contribution in [1.29, 1.82) is 0 Å². The summed E-state index contributed by atoms with van der Waals surface area (Å²) in [6.07, 6.45) is 6.09. The number of aryl methyl sites for hydroxylation is 1. The molecule has 2 aliphatic carbocycles. The van der Waals surface area contributed by atoms with Crippen molar-refractivity contribution in [2.75, 3.05) is 0 Å². The fraction of sp³-hybridized carbons (Fsp3) is 0.556. The molecule has 3 atom stereocenters. The third kappa shape index (κ3) is 4.17. The summed E-state index contributed by atoms with van der Waals surface area (Å²) in [5.41, 5.74) is 4.71. The molecule has 0 aliphatic heterocycles. The Bertz CT molecular complexity index is 526. The van der Waals surface area contributed by atoms with Crippen LogP contribution in [0.25, 0.3) is 0 Å². The Morgan fingerprint density at radius 1 is 1.10 bits per heavy atom. The lowest BCUT2D eigenvalue weighted by Gasteiger charge is -2.20. The number of rotatable bonds is 2. The van der Waals surface area contributed by atoms with E-state index in [0.717, 1.165) is 11.8 Å². The summed E-state index contributed by atoms with van der Waals surface area (Å²) in [4.78, 5) is 0. The average Bonchev–Trinajstić information content (AvgIpc) is 2.95. The Morgan fingerprint density at radius 3 is 2.14 bits per heavy atom. The summed E-state index contributed by atoms with van der Waals surface area (Å²) in [6.45, 7) is 9.16. The fourth-order valence-corrected chi connectivity index (χ4v) is 3.60. The standard InChI is InChI=1S/C15H18.C3H5I3/c1-9(2)14-12-7-8-13(14)15-10(3)5-4-6-11(12)15;1-2-3(4,5)6/h4-9,12-14H,1-3H3;2H2,1H3. The minimum Gasteiger partial charge on any atom is -0.0801 e. The Morgan fingerprint density at radius 2 is 1.67 bits per heavy atom. The maximum atomic E-state index is 2.44. The van der Waals surface area contributed by atoms with E-state index in [1.807, 2.05) is 0 Å². The largest absolute Gasteiger partial charge is 0.124 e. The van der Waals surface area contributed by atoms with Crippen LogP contribution in [0.4, 0.5) is 0 Å². The first-order chi connectivity index (χ1) is 9.76. The van der Waals surface area contributed by atoms with Crippen molar-refractivity contribution >= 4 is 67.8 Å². The molecule has 0 heterocycles. The predicted molar refractivity (Wildman–Crippen MR) is 119 cm³/mol. The first-order valence-electron chi connectivity index (χ1n) is 7.60. The molecule has 3 heteroatoms. The zero-order chi connectivity index (χ0) is 15.8. The SMILES string of the molecule is CCC(I)(I)I.Cc1cccc2c1C1C=CC2C1C(C)C. The third-order valence-electron chi connectivity index (χ3n) is 4.58. The minimum atomic E-state index is 0.452. The highest BCUT2D eigenvalue weighted by molar-refractivity contribution is 14.3. The third-order valence-corrected chi connectivity index (χ3v) is 6.86. The van der Waals surface area contributed by atoms with Gasteiger partial charge in [0, 0.05) is 11.8 Å². The van der Waals surface area contributed by atoms with Crippen LogP contribution in [0.3, 0.4) is 0 Å². The van der Waals surface area contributed by atoms with Crippen LogP contribution in [0, 0.1) is 18.8 Å². The van der Waals surface area contributed by atoms with Crippen LogP contribution >= 0.6 is 67.8 Å². The van der Waals surface area contributed by atoms with Gasteiger partial charge in [-0.25, -0.2) is 0 Å². The molecule has 1 aromatic rings. The van der Waals surface area contributed by atoms with Gasteiger partial charge >= 0.3 is 0 Å². The molecule has 0 aromatic heterocycles. The van der Waals surface area contributed by atoms with E-state index in [1.165, 1.54) is 12.0 Å². The van der Waals surface area contributed by atoms with Crippen molar-refractivity contribution in [2.24, 2.45) is 11.8 Å². The van der Waals surface area contributed by atoms with E-state index in [2.05, 4.69) is 126 Å². The molecule has 0 fully saturated rings. The molecule has 3 unspecified atom stereocenters. The average molecular weight is 620 g/mol. The van der Waals surface area contributed by atoms with E-state index in [-0.39, 0.29) is 0 Å². The highest BCUT2D eigenvalue weighted by Gasteiger charge is 2.43. The second kappa shape index (κ2) is 7.36. The fourth-order valence-electron chi connectivity index (χ4n) is 3.60.